The molecule has 0 heteroatoms. The van der Waals surface area contributed by atoms with Gasteiger partial charge in [-0.05, 0) is 124 Å². The number of hydrogen-bond donors (Lipinski definition) is 0. The summed E-state index contributed by atoms with van der Waals surface area (Å²) in [6.45, 7) is 0. The highest BCUT2D eigenvalue weighted by molar-refractivity contribution is 6.12. The predicted molar refractivity (Wildman–Crippen MR) is 175 cm³/mol. The standard InChI is InChI=1S/C22H14.C18H12/c1-2-6-16-10-20-14-22-12-18-8-4-3-7-17(18)11-21(22)13-19(20)9-15(16)5-1;1-2-7-15-12-18-16(11-14(15)6-1)10-9-13-5-3-4-8-17(13)18/h1-14H;1-12H. The highest BCUT2D eigenvalue weighted by Crippen LogP contribution is 2.31. The van der Waals surface area contributed by atoms with Crippen molar-refractivity contribution < 1.29 is 0 Å². The van der Waals surface area contributed by atoms with Gasteiger partial charge in [0.15, 0.2) is 0 Å². The van der Waals surface area contributed by atoms with Gasteiger partial charge in [0.05, 0.1) is 0 Å². The van der Waals surface area contributed by atoms with Crippen LogP contribution in [0.3, 0.4) is 0 Å². The molecular weight excluding hydrogens is 480 g/mol. The summed E-state index contributed by atoms with van der Waals surface area (Å²) in [5.41, 5.74) is 0. The Bertz CT molecular complexity index is 2190. The van der Waals surface area contributed by atoms with Crippen molar-refractivity contribution in [2.45, 2.75) is 0 Å². The van der Waals surface area contributed by atoms with Crippen LogP contribution in [0.15, 0.2) is 158 Å². The molecule has 0 heterocycles. The van der Waals surface area contributed by atoms with Crippen molar-refractivity contribution in [3.05, 3.63) is 158 Å². The molecule has 9 aromatic rings. The summed E-state index contributed by atoms with van der Waals surface area (Å²) < 4.78 is 0. The van der Waals surface area contributed by atoms with Gasteiger partial charge >= 0.3 is 0 Å². The molecule has 0 spiro atoms. The minimum absolute atomic E-state index is 1.30. The van der Waals surface area contributed by atoms with Crippen molar-refractivity contribution in [1.29, 1.82) is 0 Å². The van der Waals surface area contributed by atoms with Gasteiger partial charge in [0.25, 0.3) is 0 Å². The molecule has 40 heavy (non-hydrogen) atoms. The Morgan fingerprint density at radius 3 is 0.925 bits per heavy atom. The Kier molecular flexibility index (Phi) is 5.24. The number of benzene rings is 9. The summed E-state index contributed by atoms with van der Waals surface area (Å²) in [7, 11) is 0. The number of rotatable bonds is 0. The predicted octanol–water partition coefficient (Wildman–Crippen LogP) is 11.4. The molecule has 0 nitrogen and oxygen atoms in total. The van der Waals surface area contributed by atoms with Gasteiger partial charge in [0, 0.05) is 0 Å². The Morgan fingerprint density at radius 1 is 0.175 bits per heavy atom. The van der Waals surface area contributed by atoms with Crippen LogP contribution in [0.1, 0.15) is 0 Å². The van der Waals surface area contributed by atoms with Gasteiger partial charge in [-0.3, -0.25) is 0 Å². The lowest BCUT2D eigenvalue weighted by Gasteiger charge is -2.07. The van der Waals surface area contributed by atoms with Gasteiger partial charge < -0.3 is 0 Å². The maximum absolute atomic E-state index is 2.31. The number of hydrogen-bond acceptors (Lipinski definition) is 0. The van der Waals surface area contributed by atoms with E-state index in [0.29, 0.717) is 0 Å². The fourth-order valence-electron chi connectivity index (χ4n) is 6.08. The molecule has 0 fully saturated rings. The Hall–Kier alpha value is -5.20. The minimum atomic E-state index is 1.30. The van der Waals surface area contributed by atoms with Gasteiger partial charge in [-0.15, -0.1) is 0 Å². The van der Waals surface area contributed by atoms with Crippen molar-refractivity contribution in [3.63, 3.8) is 0 Å². The molecule has 0 aliphatic rings. The summed E-state index contributed by atoms with van der Waals surface area (Å²) in [4.78, 5) is 0. The molecule has 0 aromatic heterocycles. The third kappa shape index (κ3) is 3.94. The van der Waals surface area contributed by atoms with E-state index in [4.69, 9.17) is 0 Å². The van der Waals surface area contributed by atoms with Gasteiger partial charge in [-0.2, -0.15) is 0 Å². The molecule has 0 saturated carbocycles. The summed E-state index contributed by atoms with van der Waals surface area (Å²) in [6, 6.07) is 57.0. The fraction of sp³-hybridized carbons (Fsp3) is 0. The average Bonchev–Trinajstić information content (AvgIpc) is 3.01. The zero-order valence-corrected chi connectivity index (χ0v) is 22.0. The molecule has 0 aliphatic heterocycles. The van der Waals surface area contributed by atoms with E-state index in [1.54, 1.807) is 0 Å². The normalized spacial score (nSPS) is 11.5. The van der Waals surface area contributed by atoms with Gasteiger partial charge in [0.1, 0.15) is 0 Å². The van der Waals surface area contributed by atoms with E-state index in [-0.39, 0.29) is 0 Å². The van der Waals surface area contributed by atoms with Crippen LogP contribution in [0, 0.1) is 0 Å². The van der Waals surface area contributed by atoms with Crippen molar-refractivity contribution >= 4 is 75.4 Å². The lowest BCUT2D eigenvalue weighted by molar-refractivity contribution is 1.77. The van der Waals surface area contributed by atoms with Crippen molar-refractivity contribution in [1.82, 2.24) is 0 Å². The first-order valence-electron chi connectivity index (χ1n) is 13.8. The molecule has 0 bridgehead atoms. The molecular formula is C40H26. The van der Waals surface area contributed by atoms with Crippen LogP contribution < -0.4 is 0 Å². The second kappa shape index (κ2) is 9.22. The van der Waals surface area contributed by atoms with Crippen LogP contribution >= 0.6 is 0 Å². The topological polar surface area (TPSA) is 0 Å². The van der Waals surface area contributed by atoms with Crippen molar-refractivity contribution in [2.75, 3.05) is 0 Å². The number of fused-ring (bicyclic) bond motifs is 8. The molecule has 0 saturated heterocycles. The van der Waals surface area contributed by atoms with E-state index < -0.39 is 0 Å². The molecule has 186 valence electrons. The zero-order valence-electron chi connectivity index (χ0n) is 22.0. The molecule has 0 amide bonds. The summed E-state index contributed by atoms with van der Waals surface area (Å²) in [5, 5.41) is 18.3. The van der Waals surface area contributed by atoms with Crippen LogP contribution in [-0.4, -0.2) is 0 Å². The molecule has 0 atom stereocenters. The van der Waals surface area contributed by atoms with E-state index in [1.807, 2.05) is 0 Å². The van der Waals surface area contributed by atoms with Crippen molar-refractivity contribution in [2.24, 2.45) is 0 Å². The van der Waals surface area contributed by atoms with Crippen LogP contribution in [0.2, 0.25) is 0 Å². The minimum Gasteiger partial charge on any atom is -0.0616 e. The summed E-state index contributed by atoms with van der Waals surface area (Å²) in [5.74, 6) is 0. The molecule has 9 rings (SSSR count). The lowest BCUT2D eigenvalue weighted by atomic mass is 9.97. The monoisotopic (exact) mass is 506 g/mol. The Balaban J connectivity index is 0.000000125. The van der Waals surface area contributed by atoms with Crippen LogP contribution in [0.5, 0.6) is 0 Å². The lowest BCUT2D eigenvalue weighted by Crippen LogP contribution is -1.80. The Labute approximate surface area is 232 Å². The molecule has 0 unspecified atom stereocenters. The SMILES string of the molecule is c1ccc2cc3c(ccc4ccccc43)cc2c1.c1ccc2cc3cc4cc5ccccc5cc4cc3cc2c1. The van der Waals surface area contributed by atoms with E-state index in [2.05, 4.69) is 158 Å². The molecule has 0 radical (unpaired) electrons. The second-order valence-corrected chi connectivity index (χ2v) is 10.7. The van der Waals surface area contributed by atoms with Gasteiger partial charge in [0.2, 0.25) is 0 Å². The van der Waals surface area contributed by atoms with Crippen LogP contribution in [0.4, 0.5) is 0 Å². The van der Waals surface area contributed by atoms with E-state index in [1.165, 1.54) is 75.4 Å². The van der Waals surface area contributed by atoms with E-state index in [0.717, 1.165) is 0 Å². The average molecular weight is 507 g/mol. The zero-order chi connectivity index (χ0) is 26.5. The van der Waals surface area contributed by atoms with Crippen LogP contribution in [0.25, 0.3) is 75.4 Å². The van der Waals surface area contributed by atoms with Gasteiger partial charge in [-0.1, -0.05) is 109 Å². The maximum atomic E-state index is 2.31. The molecule has 0 N–H and O–H groups in total. The van der Waals surface area contributed by atoms with Crippen molar-refractivity contribution in [3.8, 4) is 0 Å². The smallest absolute Gasteiger partial charge is 0.00990 e. The summed E-state index contributed by atoms with van der Waals surface area (Å²) in [6.07, 6.45) is 0. The van der Waals surface area contributed by atoms with Gasteiger partial charge in [-0.25, -0.2) is 0 Å². The van der Waals surface area contributed by atoms with E-state index >= 15 is 0 Å². The largest absolute Gasteiger partial charge is 0.0616 e. The van der Waals surface area contributed by atoms with E-state index in [9.17, 15) is 0 Å². The third-order valence-electron chi connectivity index (χ3n) is 8.14. The first-order valence-corrected chi connectivity index (χ1v) is 13.8. The second-order valence-electron chi connectivity index (χ2n) is 10.7. The first kappa shape index (κ1) is 22.8. The third-order valence-corrected chi connectivity index (χ3v) is 8.14. The maximum Gasteiger partial charge on any atom is -0.00990 e. The molecule has 0 aliphatic carbocycles. The molecule has 9 aromatic carbocycles. The Morgan fingerprint density at radius 2 is 0.475 bits per heavy atom. The first-order chi connectivity index (χ1) is 19.8. The fourth-order valence-corrected chi connectivity index (χ4v) is 6.08. The highest BCUT2D eigenvalue weighted by Gasteiger charge is 2.04. The van der Waals surface area contributed by atoms with Crippen LogP contribution in [-0.2, 0) is 0 Å². The highest BCUT2D eigenvalue weighted by atomic mass is 14.1. The summed E-state index contributed by atoms with van der Waals surface area (Å²) >= 11 is 0. The quantitative estimate of drug-likeness (QED) is 0.142.